The first-order chi connectivity index (χ1) is 11.6. The van der Waals surface area contributed by atoms with Crippen molar-refractivity contribution in [3.05, 3.63) is 51.9 Å². The van der Waals surface area contributed by atoms with Crippen LogP contribution in [0.5, 0.6) is 0 Å². The molecular weight excluding hydrogens is 338 g/mol. The van der Waals surface area contributed by atoms with Gasteiger partial charge in [0.05, 0.1) is 5.56 Å². The number of fused-ring (bicyclic) bond motifs is 1. The Labute approximate surface area is 150 Å². The van der Waals surface area contributed by atoms with Crippen LogP contribution >= 0.6 is 23.6 Å². The van der Waals surface area contributed by atoms with Crippen molar-refractivity contribution in [1.29, 1.82) is 5.26 Å². The monoisotopic (exact) mass is 355 g/mol. The first-order valence-corrected chi connectivity index (χ1v) is 9.03. The highest BCUT2D eigenvalue weighted by Gasteiger charge is 2.24. The van der Waals surface area contributed by atoms with Gasteiger partial charge in [-0.15, -0.1) is 11.3 Å². The quantitative estimate of drug-likeness (QED) is 0.803. The van der Waals surface area contributed by atoms with Gasteiger partial charge in [-0.3, -0.25) is 10.1 Å². The molecule has 0 radical (unpaired) electrons. The Balaban J connectivity index is 1.73. The number of nitriles is 1. The van der Waals surface area contributed by atoms with Gasteiger partial charge in [-0.05, 0) is 55.1 Å². The lowest BCUT2D eigenvalue weighted by Gasteiger charge is -2.17. The molecule has 1 atom stereocenters. The number of carbonyl (C=O) groups excluding carboxylic acids is 1. The molecule has 6 heteroatoms. The van der Waals surface area contributed by atoms with Crippen LogP contribution in [0.25, 0.3) is 0 Å². The maximum absolute atomic E-state index is 12.1. The highest BCUT2D eigenvalue weighted by molar-refractivity contribution is 7.80. The summed E-state index contributed by atoms with van der Waals surface area (Å²) in [6.07, 6.45) is 3.03. The average molecular weight is 355 g/mol. The van der Waals surface area contributed by atoms with E-state index in [0.29, 0.717) is 17.0 Å². The Morgan fingerprint density at radius 3 is 2.83 bits per heavy atom. The fraction of sp³-hybridized carbons (Fsp3) is 0.278. The molecule has 1 aromatic heterocycles. The summed E-state index contributed by atoms with van der Waals surface area (Å²) >= 11 is 6.81. The highest BCUT2D eigenvalue weighted by atomic mass is 32.1. The largest absolute Gasteiger partial charge is 0.323 e. The number of nitrogens with one attached hydrogen (secondary N) is 2. The van der Waals surface area contributed by atoms with Crippen LogP contribution in [0.1, 0.15) is 39.7 Å². The third-order valence-corrected chi connectivity index (χ3v) is 5.49. The SMILES string of the molecule is C[C@@H]1CCc2c(sc(NC(=S)NC(=O)c3ccccc3)c2C#N)C1. The maximum Gasteiger partial charge on any atom is 0.257 e. The molecule has 1 heterocycles. The van der Waals surface area contributed by atoms with Crippen molar-refractivity contribution in [3.63, 3.8) is 0 Å². The number of anilines is 1. The van der Waals surface area contributed by atoms with Gasteiger partial charge in [0.15, 0.2) is 5.11 Å². The standard InChI is InChI=1S/C18H17N3OS2/c1-11-7-8-13-14(10-19)17(24-15(13)9-11)21-18(23)20-16(22)12-5-3-2-4-6-12/h2-6,11H,7-9H2,1H3,(H2,20,21,22,23)/t11-/m1/s1. The van der Waals surface area contributed by atoms with Crippen molar-refractivity contribution < 1.29 is 4.79 Å². The third-order valence-electron chi connectivity index (χ3n) is 4.11. The van der Waals surface area contributed by atoms with E-state index in [0.717, 1.165) is 29.8 Å². The van der Waals surface area contributed by atoms with Gasteiger partial charge in [-0.25, -0.2) is 0 Å². The molecule has 2 N–H and O–H groups in total. The van der Waals surface area contributed by atoms with Crippen LogP contribution in [-0.4, -0.2) is 11.0 Å². The molecule has 1 aliphatic rings. The zero-order valence-corrected chi connectivity index (χ0v) is 14.9. The molecule has 122 valence electrons. The van der Waals surface area contributed by atoms with E-state index in [9.17, 15) is 10.1 Å². The van der Waals surface area contributed by atoms with Gasteiger partial charge in [-0.2, -0.15) is 5.26 Å². The zero-order chi connectivity index (χ0) is 17.1. The number of nitrogens with zero attached hydrogens (tertiary/aromatic N) is 1. The van der Waals surface area contributed by atoms with Gasteiger partial charge in [0.25, 0.3) is 5.91 Å². The van der Waals surface area contributed by atoms with Gasteiger partial charge in [0, 0.05) is 10.4 Å². The summed E-state index contributed by atoms with van der Waals surface area (Å²) in [5.74, 6) is 0.377. The van der Waals surface area contributed by atoms with Crippen LogP contribution < -0.4 is 10.6 Å². The van der Waals surface area contributed by atoms with Crippen LogP contribution in [0.15, 0.2) is 30.3 Å². The van der Waals surface area contributed by atoms with Crippen molar-refractivity contribution in [2.75, 3.05) is 5.32 Å². The zero-order valence-electron chi connectivity index (χ0n) is 13.3. The van der Waals surface area contributed by atoms with Crippen molar-refractivity contribution in [2.45, 2.75) is 26.2 Å². The van der Waals surface area contributed by atoms with Crippen LogP contribution in [-0.2, 0) is 12.8 Å². The Morgan fingerprint density at radius 2 is 2.12 bits per heavy atom. The van der Waals surface area contributed by atoms with E-state index in [-0.39, 0.29) is 11.0 Å². The number of amides is 1. The molecule has 1 aliphatic carbocycles. The molecule has 4 nitrogen and oxygen atoms in total. The predicted molar refractivity (Wildman–Crippen MR) is 100 cm³/mol. The van der Waals surface area contributed by atoms with Gasteiger partial charge in [0.2, 0.25) is 0 Å². The lowest BCUT2D eigenvalue weighted by atomic mass is 9.89. The Morgan fingerprint density at radius 1 is 1.38 bits per heavy atom. The molecule has 1 aromatic carbocycles. The van der Waals surface area contributed by atoms with E-state index in [4.69, 9.17) is 12.2 Å². The summed E-state index contributed by atoms with van der Waals surface area (Å²) in [6.45, 7) is 2.23. The molecule has 0 unspecified atom stereocenters. The summed E-state index contributed by atoms with van der Waals surface area (Å²) in [6, 6.07) is 11.2. The van der Waals surface area contributed by atoms with Gasteiger partial charge >= 0.3 is 0 Å². The summed E-state index contributed by atoms with van der Waals surface area (Å²) < 4.78 is 0. The average Bonchev–Trinajstić information content (AvgIpc) is 2.91. The molecule has 2 aromatic rings. The number of benzene rings is 1. The van der Waals surface area contributed by atoms with Crippen LogP contribution in [0, 0.1) is 17.2 Å². The smallest absolute Gasteiger partial charge is 0.257 e. The Bertz CT molecular complexity index is 821. The fourth-order valence-corrected chi connectivity index (χ4v) is 4.48. The van der Waals surface area contributed by atoms with Gasteiger partial charge in [0.1, 0.15) is 11.1 Å². The first-order valence-electron chi connectivity index (χ1n) is 7.80. The number of hydrogen-bond acceptors (Lipinski definition) is 4. The lowest BCUT2D eigenvalue weighted by molar-refractivity contribution is 0.0977. The van der Waals surface area contributed by atoms with Crippen molar-refractivity contribution in [2.24, 2.45) is 5.92 Å². The Kier molecular flexibility index (Phi) is 4.93. The number of carbonyl (C=O) groups is 1. The van der Waals surface area contributed by atoms with E-state index < -0.39 is 0 Å². The predicted octanol–water partition coefficient (Wildman–Crippen LogP) is 3.87. The van der Waals surface area contributed by atoms with Gasteiger partial charge in [-0.1, -0.05) is 25.1 Å². The molecule has 24 heavy (non-hydrogen) atoms. The minimum atomic E-state index is -0.262. The van der Waals surface area contributed by atoms with Crippen molar-refractivity contribution in [1.82, 2.24) is 5.32 Å². The first kappa shape index (κ1) is 16.6. The van der Waals surface area contributed by atoms with E-state index in [2.05, 4.69) is 23.6 Å². The van der Waals surface area contributed by atoms with Crippen molar-refractivity contribution in [3.8, 4) is 6.07 Å². The molecule has 0 spiro atoms. The van der Waals surface area contributed by atoms with Crippen LogP contribution in [0.4, 0.5) is 5.00 Å². The number of thiocarbonyl (C=S) groups is 1. The second-order valence-electron chi connectivity index (χ2n) is 5.94. The highest BCUT2D eigenvalue weighted by Crippen LogP contribution is 2.39. The molecule has 3 rings (SSSR count). The van der Waals surface area contributed by atoms with Crippen LogP contribution in [0.3, 0.4) is 0 Å². The maximum atomic E-state index is 12.1. The number of hydrogen-bond donors (Lipinski definition) is 2. The summed E-state index contributed by atoms with van der Waals surface area (Å²) in [5, 5.41) is 16.1. The fourth-order valence-electron chi connectivity index (χ4n) is 2.86. The molecule has 0 fully saturated rings. The summed E-state index contributed by atoms with van der Waals surface area (Å²) in [4.78, 5) is 13.4. The molecular formula is C18H17N3OS2. The second kappa shape index (κ2) is 7.12. The minimum Gasteiger partial charge on any atom is -0.323 e. The normalized spacial score (nSPS) is 15.9. The van der Waals surface area contributed by atoms with Crippen molar-refractivity contribution >= 4 is 39.6 Å². The Hall–Kier alpha value is -2.23. The van der Waals surface area contributed by atoms with Crippen LogP contribution in [0.2, 0.25) is 0 Å². The number of rotatable bonds is 2. The summed E-state index contributed by atoms with van der Waals surface area (Å²) in [7, 11) is 0. The molecule has 0 saturated carbocycles. The molecule has 0 saturated heterocycles. The number of thiophene rings is 1. The molecule has 0 bridgehead atoms. The third kappa shape index (κ3) is 3.48. The lowest BCUT2D eigenvalue weighted by Crippen LogP contribution is -2.34. The van der Waals surface area contributed by atoms with E-state index in [1.165, 1.54) is 4.88 Å². The van der Waals surface area contributed by atoms with Gasteiger partial charge < -0.3 is 5.32 Å². The summed E-state index contributed by atoms with van der Waals surface area (Å²) in [5.41, 5.74) is 2.35. The topological polar surface area (TPSA) is 64.9 Å². The minimum absolute atomic E-state index is 0.215. The molecule has 1 amide bonds. The van der Waals surface area contributed by atoms with E-state index in [1.807, 2.05) is 6.07 Å². The molecule has 0 aliphatic heterocycles. The van der Waals surface area contributed by atoms with E-state index in [1.54, 1.807) is 35.6 Å². The second-order valence-corrected chi connectivity index (χ2v) is 7.46. The van der Waals surface area contributed by atoms with E-state index >= 15 is 0 Å².